The van der Waals surface area contributed by atoms with Crippen molar-refractivity contribution < 1.29 is 19.4 Å². The topological polar surface area (TPSA) is 63.6 Å². The largest absolute Gasteiger partial charge is 0.481 e. The molecule has 1 N–H and O–H groups in total. The number of hydrogen-bond acceptors (Lipinski definition) is 3. The number of rotatable bonds is 8. The van der Waals surface area contributed by atoms with Gasteiger partial charge in [0.25, 0.3) is 0 Å². The number of ether oxygens (including phenoxy) is 1. The van der Waals surface area contributed by atoms with Crippen LogP contribution in [0.1, 0.15) is 59.3 Å². The first kappa shape index (κ1) is 14.9. The smallest absolute Gasteiger partial charge is 0.306 e. The third-order valence-corrected chi connectivity index (χ3v) is 2.46. The Kier molecular flexibility index (Phi) is 6.77. The molecule has 0 aliphatic heterocycles. The van der Waals surface area contributed by atoms with Crippen LogP contribution < -0.4 is 0 Å². The zero-order valence-corrected chi connectivity index (χ0v) is 10.4. The second-order valence-corrected chi connectivity index (χ2v) is 4.32. The molecule has 4 nitrogen and oxygen atoms in total. The molecular weight excluding hydrogens is 208 g/mol. The Bertz CT molecular complexity index is 229. The van der Waals surface area contributed by atoms with Gasteiger partial charge in [-0.3, -0.25) is 9.59 Å². The standard InChI is InChI=1S/C12H22O4/c1-4-8-12(3,9-5-2)16-11(15)7-6-10(13)14/h4-9H2,1-3H3,(H,13,14). The van der Waals surface area contributed by atoms with Crippen LogP contribution in [0.2, 0.25) is 0 Å². The van der Waals surface area contributed by atoms with E-state index in [-0.39, 0.29) is 12.8 Å². The molecule has 0 saturated heterocycles. The summed E-state index contributed by atoms with van der Waals surface area (Å²) in [5, 5.41) is 8.46. The van der Waals surface area contributed by atoms with E-state index in [1.807, 2.05) is 20.8 Å². The molecule has 0 amide bonds. The Labute approximate surface area is 97.0 Å². The second kappa shape index (κ2) is 7.25. The van der Waals surface area contributed by atoms with Gasteiger partial charge in [-0.15, -0.1) is 0 Å². The minimum Gasteiger partial charge on any atom is -0.481 e. The lowest BCUT2D eigenvalue weighted by Crippen LogP contribution is -2.31. The van der Waals surface area contributed by atoms with Gasteiger partial charge in [0.2, 0.25) is 0 Å². The Morgan fingerprint density at radius 1 is 1.12 bits per heavy atom. The molecule has 0 aromatic heterocycles. The molecule has 94 valence electrons. The van der Waals surface area contributed by atoms with Crippen molar-refractivity contribution in [1.82, 2.24) is 0 Å². The highest BCUT2D eigenvalue weighted by atomic mass is 16.6. The first-order valence-corrected chi connectivity index (χ1v) is 5.87. The summed E-state index contributed by atoms with van der Waals surface area (Å²) in [5.41, 5.74) is -0.431. The van der Waals surface area contributed by atoms with E-state index in [1.165, 1.54) is 0 Å². The first-order valence-electron chi connectivity index (χ1n) is 5.87. The SMILES string of the molecule is CCCC(C)(CCC)OC(=O)CCC(=O)O. The van der Waals surface area contributed by atoms with Crippen LogP contribution in [0.3, 0.4) is 0 Å². The van der Waals surface area contributed by atoms with E-state index in [1.54, 1.807) is 0 Å². The van der Waals surface area contributed by atoms with Crippen LogP contribution in [-0.4, -0.2) is 22.6 Å². The van der Waals surface area contributed by atoms with Crippen molar-refractivity contribution >= 4 is 11.9 Å². The third kappa shape index (κ3) is 6.43. The minimum absolute atomic E-state index is 0.0433. The monoisotopic (exact) mass is 230 g/mol. The molecule has 0 fully saturated rings. The van der Waals surface area contributed by atoms with Crippen LogP contribution in [0.4, 0.5) is 0 Å². The second-order valence-electron chi connectivity index (χ2n) is 4.32. The minimum atomic E-state index is -0.968. The van der Waals surface area contributed by atoms with Crippen molar-refractivity contribution in [2.75, 3.05) is 0 Å². The molecule has 0 saturated carbocycles. The summed E-state index contributed by atoms with van der Waals surface area (Å²) < 4.78 is 5.37. The summed E-state index contributed by atoms with van der Waals surface area (Å²) in [6.45, 7) is 6.00. The highest BCUT2D eigenvalue weighted by Crippen LogP contribution is 2.24. The van der Waals surface area contributed by atoms with E-state index >= 15 is 0 Å². The van der Waals surface area contributed by atoms with E-state index in [4.69, 9.17) is 9.84 Å². The van der Waals surface area contributed by atoms with Crippen molar-refractivity contribution in [1.29, 1.82) is 0 Å². The van der Waals surface area contributed by atoms with Gasteiger partial charge < -0.3 is 9.84 Å². The normalized spacial score (nSPS) is 11.2. The number of aliphatic carboxylic acids is 1. The fourth-order valence-corrected chi connectivity index (χ4v) is 1.82. The van der Waals surface area contributed by atoms with Crippen molar-refractivity contribution in [3.63, 3.8) is 0 Å². The lowest BCUT2D eigenvalue weighted by atomic mass is 9.95. The molecule has 16 heavy (non-hydrogen) atoms. The number of esters is 1. The Morgan fingerprint density at radius 3 is 2.00 bits per heavy atom. The number of carboxylic acid groups (broad SMARTS) is 1. The zero-order chi connectivity index (χ0) is 12.6. The predicted octanol–water partition coefficient (Wildman–Crippen LogP) is 2.75. The van der Waals surface area contributed by atoms with Crippen LogP contribution >= 0.6 is 0 Å². The summed E-state index contributed by atoms with van der Waals surface area (Å²) in [5.74, 6) is -1.38. The van der Waals surface area contributed by atoms with Crippen LogP contribution in [0.15, 0.2) is 0 Å². The van der Waals surface area contributed by atoms with Crippen LogP contribution in [0.25, 0.3) is 0 Å². The van der Waals surface area contributed by atoms with Crippen molar-refractivity contribution in [2.24, 2.45) is 0 Å². The number of carbonyl (C=O) groups excluding carboxylic acids is 1. The molecule has 0 rings (SSSR count). The summed E-state index contributed by atoms with van der Waals surface area (Å²) in [6, 6.07) is 0. The maximum absolute atomic E-state index is 11.4. The molecule has 0 spiro atoms. The van der Waals surface area contributed by atoms with Crippen molar-refractivity contribution in [3.8, 4) is 0 Å². The van der Waals surface area contributed by atoms with Gasteiger partial charge in [-0.25, -0.2) is 0 Å². The van der Waals surface area contributed by atoms with Gasteiger partial charge in [0, 0.05) is 0 Å². The first-order chi connectivity index (χ1) is 7.43. The van der Waals surface area contributed by atoms with Gasteiger partial charge >= 0.3 is 11.9 Å². The molecule has 0 aliphatic carbocycles. The van der Waals surface area contributed by atoms with E-state index in [0.717, 1.165) is 25.7 Å². The molecule has 0 aromatic carbocycles. The van der Waals surface area contributed by atoms with Gasteiger partial charge in [0.1, 0.15) is 5.60 Å². The molecule has 0 bridgehead atoms. The Balaban J connectivity index is 4.17. The fourth-order valence-electron chi connectivity index (χ4n) is 1.82. The summed E-state index contributed by atoms with van der Waals surface area (Å²) in [7, 11) is 0. The Morgan fingerprint density at radius 2 is 1.62 bits per heavy atom. The maximum Gasteiger partial charge on any atom is 0.306 e. The highest BCUT2D eigenvalue weighted by molar-refractivity contribution is 5.76. The lowest BCUT2D eigenvalue weighted by Gasteiger charge is -2.29. The maximum atomic E-state index is 11.4. The fraction of sp³-hybridized carbons (Fsp3) is 0.833. The van der Waals surface area contributed by atoms with Crippen molar-refractivity contribution in [2.45, 2.75) is 64.9 Å². The molecule has 0 aliphatic rings. The number of carboxylic acids is 1. The van der Waals surface area contributed by atoms with Gasteiger partial charge in [-0.05, 0) is 19.8 Å². The van der Waals surface area contributed by atoms with Crippen LogP contribution in [0.5, 0.6) is 0 Å². The molecule has 0 heterocycles. The summed E-state index contributed by atoms with van der Waals surface area (Å²) in [4.78, 5) is 21.7. The van der Waals surface area contributed by atoms with E-state index in [0.29, 0.717) is 0 Å². The van der Waals surface area contributed by atoms with Gasteiger partial charge in [0.05, 0.1) is 12.8 Å². The molecule has 0 unspecified atom stereocenters. The Hall–Kier alpha value is -1.06. The van der Waals surface area contributed by atoms with Gasteiger partial charge in [-0.2, -0.15) is 0 Å². The number of carbonyl (C=O) groups is 2. The average Bonchev–Trinajstić information content (AvgIpc) is 2.15. The molecule has 4 heteroatoms. The summed E-state index contributed by atoms with van der Waals surface area (Å²) in [6.07, 6.45) is 3.33. The van der Waals surface area contributed by atoms with Crippen molar-refractivity contribution in [3.05, 3.63) is 0 Å². The number of hydrogen-bond donors (Lipinski definition) is 1. The zero-order valence-electron chi connectivity index (χ0n) is 10.4. The van der Waals surface area contributed by atoms with E-state index in [9.17, 15) is 9.59 Å². The molecular formula is C12H22O4. The lowest BCUT2D eigenvalue weighted by molar-refractivity contribution is -0.161. The third-order valence-electron chi connectivity index (χ3n) is 2.46. The summed E-state index contributed by atoms with van der Waals surface area (Å²) >= 11 is 0. The molecule has 0 atom stereocenters. The van der Waals surface area contributed by atoms with Gasteiger partial charge in [-0.1, -0.05) is 26.7 Å². The average molecular weight is 230 g/mol. The molecule has 0 aromatic rings. The molecule has 0 radical (unpaired) electrons. The van der Waals surface area contributed by atoms with Crippen LogP contribution in [-0.2, 0) is 14.3 Å². The highest BCUT2D eigenvalue weighted by Gasteiger charge is 2.26. The predicted molar refractivity (Wildman–Crippen MR) is 61.2 cm³/mol. The van der Waals surface area contributed by atoms with Crippen LogP contribution in [0, 0.1) is 0 Å². The quantitative estimate of drug-likeness (QED) is 0.651. The van der Waals surface area contributed by atoms with E-state index < -0.39 is 17.5 Å². The van der Waals surface area contributed by atoms with E-state index in [2.05, 4.69) is 0 Å². The van der Waals surface area contributed by atoms with Gasteiger partial charge in [0.15, 0.2) is 0 Å².